The largest absolute Gasteiger partial charge is 0.481 e. The smallest absolute Gasteiger partial charge is 0.218 e. The average molecular weight is 364 g/mol. The molecule has 0 saturated heterocycles. The van der Waals surface area contributed by atoms with Crippen molar-refractivity contribution in [2.24, 2.45) is 0 Å². The lowest BCUT2D eigenvalue weighted by Crippen LogP contribution is -2.02. The number of aromatic nitrogens is 1. The molecular weight excluding hydrogens is 340 g/mol. The number of benzene rings is 2. The highest BCUT2D eigenvalue weighted by molar-refractivity contribution is 5.72. The molecule has 0 amide bonds. The third-order valence-electron chi connectivity index (χ3n) is 4.74. The summed E-state index contributed by atoms with van der Waals surface area (Å²) in [5, 5.41) is 9.54. The Morgan fingerprint density at radius 3 is 2.15 bits per heavy atom. The summed E-state index contributed by atoms with van der Waals surface area (Å²) in [6.45, 7) is 4.52. The minimum atomic E-state index is 0.0322. The Kier molecular flexibility index (Phi) is 5.62. The molecule has 2 aromatic carbocycles. The second-order valence-corrected chi connectivity index (χ2v) is 6.41. The Morgan fingerprint density at radius 1 is 0.926 bits per heavy atom. The highest BCUT2D eigenvalue weighted by Crippen LogP contribution is 2.31. The van der Waals surface area contributed by atoms with E-state index in [2.05, 4.69) is 24.0 Å². The maximum absolute atomic E-state index is 9.54. The molecule has 1 aromatic heterocycles. The number of aliphatic hydroxyl groups excluding tert-OH is 1. The van der Waals surface area contributed by atoms with Gasteiger partial charge in [0.1, 0.15) is 6.61 Å². The number of methoxy groups -OCH3 is 1. The van der Waals surface area contributed by atoms with Crippen LogP contribution in [0.25, 0.3) is 11.1 Å². The van der Waals surface area contributed by atoms with Crippen molar-refractivity contribution >= 4 is 5.69 Å². The van der Waals surface area contributed by atoms with Crippen LogP contribution in [0.1, 0.15) is 22.3 Å². The Hall–Kier alpha value is -3.05. The number of hydrogen-bond donors (Lipinski definition) is 2. The van der Waals surface area contributed by atoms with E-state index in [1.54, 1.807) is 19.2 Å². The first kappa shape index (κ1) is 18.7. The third kappa shape index (κ3) is 4.04. The summed E-state index contributed by atoms with van der Waals surface area (Å²) in [5.74, 6) is 0.849. The highest BCUT2D eigenvalue weighted by atomic mass is 16.5. The molecule has 5 heteroatoms. The molecule has 3 N–H and O–H groups in total. The second kappa shape index (κ2) is 8.10. The summed E-state index contributed by atoms with van der Waals surface area (Å²) in [6.07, 6.45) is 0. The third-order valence-corrected chi connectivity index (χ3v) is 4.74. The molecule has 0 unspecified atom stereocenters. The van der Waals surface area contributed by atoms with Gasteiger partial charge in [-0.2, -0.15) is 4.98 Å². The number of nitrogen functional groups attached to an aromatic ring is 1. The molecule has 140 valence electrons. The molecule has 0 aliphatic rings. The van der Waals surface area contributed by atoms with E-state index in [0.29, 0.717) is 24.1 Å². The van der Waals surface area contributed by atoms with Crippen molar-refractivity contribution in [2.75, 3.05) is 12.8 Å². The molecular formula is C22H24N2O3. The molecule has 0 atom stereocenters. The molecule has 0 bridgehead atoms. The van der Waals surface area contributed by atoms with Crippen LogP contribution >= 0.6 is 0 Å². The Labute approximate surface area is 159 Å². The van der Waals surface area contributed by atoms with E-state index in [9.17, 15) is 5.11 Å². The molecule has 5 nitrogen and oxygen atoms in total. The van der Waals surface area contributed by atoms with E-state index in [4.69, 9.17) is 15.2 Å². The number of hydrogen-bond acceptors (Lipinski definition) is 5. The van der Waals surface area contributed by atoms with Crippen molar-refractivity contribution in [3.63, 3.8) is 0 Å². The van der Waals surface area contributed by atoms with Gasteiger partial charge in [-0.25, -0.2) is 0 Å². The molecule has 0 radical (unpaired) electrons. The molecule has 0 spiro atoms. The van der Waals surface area contributed by atoms with Crippen LogP contribution in [0.3, 0.4) is 0 Å². The van der Waals surface area contributed by atoms with E-state index < -0.39 is 0 Å². The van der Waals surface area contributed by atoms with Crippen molar-refractivity contribution in [2.45, 2.75) is 27.1 Å². The van der Waals surface area contributed by atoms with Crippen LogP contribution in [0, 0.1) is 13.8 Å². The molecule has 1 heterocycles. The lowest BCUT2D eigenvalue weighted by atomic mass is 9.92. The van der Waals surface area contributed by atoms with Crippen molar-refractivity contribution < 1.29 is 14.6 Å². The molecule has 0 saturated carbocycles. The van der Waals surface area contributed by atoms with Crippen LogP contribution in [-0.4, -0.2) is 17.2 Å². The quantitative estimate of drug-likeness (QED) is 0.690. The summed E-state index contributed by atoms with van der Waals surface area (Å²) in [7, 11) is 1.54. The zero-order chi connectivity index (χ0) is 19.4. The predicted octanol–water partition coefficient (Wildman–Crippen LogP) is 4.03. The van der Waals surface area contributed by atoms with Crippen LogP contribution in [-0.2, 0) is 13.2 Å². The normalized spacial score (nSPS) is 10.7. The number of pyridine rings is 1. The van der Waals surface area contributed by atoms with E-state index in [1.807, 2.05) is 31.2 Å². The summed E-state index contributed by atoms with van der Waals surface area (Å²) >= 11 is 0. The molecule has 0 aliphatic heterocycles. The maximum Gasteiger partial charge on any atom is 0.218 e. The monoisotopic (exact) mass is 364 g/mol. The van der Waals surface area contributed by atoms with Gasteiger partial charge < -0.3 is 20.3 Å². The van der Waals surface area contributed by atoms with Crippen molar-refractivity contribution in [3.8, 4) is 22.9 Å². The minimum absolute atomic E-state index is 0.0322. The topological polar surface area (TPSA) is 77.6 Å². The first-order valence-electron chi connectivity index (χ1n) is 8.76. The van der Waals surface area contributed by atoms with Gasteiger partial charge in [0, 0.05) is 17.8 Å². The molecule has 0 fully saturated rings. The van der Waals surface area contributed by atoms with Crippen LogP contribution in [0.15, 0.2) is 48.5 Å². The highest BCUT2D eigenvalue weighted by Gasteiger charge is 2.11. The van der Waals surface area contributed by atoms with Crippen molar-refractivity contribution in [3.05, 3.63) is 70.8 Å². The fourth-order valence-electron chi connectivity index (χ4n) is 3.11. The SMILES string of the molecule is COc1cc(N)cc(OCc2cccc(-c3cccc(CO)c3C)c2C)n1. The molecule has 3 aromatic rings. The lowest BCUT2D eigenvalue weighted by Gasteiger charge is -2.16. The zero-order valence-electron chi connectivity index (χ0n) is 15.8. The van der Waals surface area contributed by atoms with E-state index in [1.165, 1.54) is 0 Å². The summed E-state index contributed by atoms with van der Waals surface area (Å²) in [6, 6.07) is 15.5. The Morgan fingerprint density at radius 2 is 1.52 bits per heavy atom. The number of aliphatic hydroxyl groups is 1. The van der Waals surface area contributed by atoms with Crippen molar-refractivity contribution in [1.29, 1.82) is 0 Å². The van der Waals surface area contributed by atoms with Crippen molar-refractivity contribution in [1.82, 2.24) is 4.98 Å². The average Bonchev–Trinajstić information content (AvgIpc) is 2.67. The van der Waals surface area contributed by atoms with Gasteiger partial charge in [-0.3, -0.25) is 0 Å². The zero-order valence-corrected chi connectivity index (χ0v) is 15.8. The van der Waals surface area contributed by atoms with E-state index in [0.717, 1.165) is 33.4 Å². The summed E-state index contributed by atoms with van der Waals surface area (Å²) < 4.78 is 11.0. The minimum Gasteiger partial charge on any atom is -0.481 e. The standard InChI is InChI=1S/C22H24N2O3/c1-14-16(12-25)6-4-8-19(14)20-9-5-7-17(15(20)2)13-27-22-11-18(23)10-21(24-22)26-3/h4-11,25H,12-13H2,1-3H3,(H2,23,24). The Balaban J connectivity index is 1.89. The fraction of sp³-hybridized carbons (Fsp3) is 0.227. The van der Waals surface area contributed by atoms with Crippen LogP contribution in [0.4, 0.5) is 5.69 Å². The first-order valence-corrected chi connectivity index (χ1v) is 8.76. The van der Waals surface area contributed by atoms with E-state index in [-0.39, 0.29) is 6.61 Å². The van der Waals surface area contributed by atoms with Gasteiger partial charge in [-0.1, -0.05) is 36.4 Å². The van der Waals surface area contributed by atoms with Gasteiger partial charge in [-0.05, 0) is 47.2 Å². The molecule has 0 aliphatic carbocycles. The second-order valence-electron chi connectivity index (χ2n) is 6.41. The first-order chi connectivity index (χ1) is 13.0. The fourth-order valence-corrected chi connectivity index (χ4v) is 3.11. The predicted molar refractivity (Wildman–Crippen MR) is 107 cm³/mol. The van der Waals surface area contributed by atoms with Gasteiger partial charge >= 0.3 is 0 Å². The van der Waals surface area contributed by atoms with E-state index >= 15 is 0 Å². The van der Waals surface area contributed by atoms with Gasteiger partial charge in [0.05, 0.1) is 13.7 Å². The maximum atomic E-state index is 9.54. The molecule has 3 rings (SSSR count). The Bertz CT molecular complexity index is 954. The summed E-state index contributed by atoms with van der Waals surface area (Å²) in [4.78, 5) is 4.26. The van der Waals surface area contributed by atoms with Crippen LogP contribution < -0.4 is 15.2 Å². The van der Waals surface area contributed by atoms with Gasteiger partial charge in [-0.15, -0.1) is 0 Å². The van der Waals surface area contributed by atoms with Gasteiger partial charge in [0.25, 0.3) is 0 Å². The lowest BCUT2D eigenvalue weighted by molar-refractivity contribution is 0.281. The molecule has 27 heavy (non-hydrogen) atoms. The van der Waals surface area contributed by atoms with Crippen LogP contribution in [0.2, 0.25) is 0 Å². The number of anilines is 1. The summed E-state index contributed by atoms with van der Waals surface area (Å²) in [5.41, 5.74) is 12.9. The number of nitrogens with two attached hydrogens (primary N) is 1. The number of ether oxygens (including phenoxy) is 2. The van der Waals surface area contributed by atoms with Gasteiger partial charge in [0.15, 0.2) is 0 Å². The van der Waals surface area contributed by atoms with Crippen LogP contribution in [0.5, 0.6) is 11.8 Å². The number of nitrogens with zero attached hydrogens (tertiary/aromatic N) is 1. The number of rotatable bonds is 6. The van der Waals surface area contributed by atoms with Gasteiger partial charge in [0.2, 0.25) is 11.8 Å².